The van der Waals surface area contributed by atoms with E-state index in [1.807, 2.05) is 0 Å². The van der Waals surface area contributed by atoms with Crippen molar-refractivity contribution < 1.29 is 12.8 Å². The van der Waals surface area contributed by atoms with E-state index in [1.165, 1.54) is 24.3 Å². The molecule has 0 atom stereocenters. The Balaban J connectivity index is 2.48. The molecule has 0 heterocycles. The highest BCUT2D eigenvalue weighted by Gasteiger charge is 2.19. The summed E-state index contributed by atoms with van der Waals surface area (Å²) < 4.78 is 40.3. The standard InChI is InChI=1S/C14H14FN3O2S/c1-9-6-7-10(15)8-13(9)21(19,20)18-12-5-3-2-4-11(12)14(16)17/h2-8,18H,1H3,(H3,16,17). The van der Waals surface area contributed by atoms with Crippen LogP contribution in [0.4, 0.5) is 10.1 Å². The lowest BCUT2D eigenvalue weighted by Crippen LogP contribution is -2.19. The molecule has 0 saturated carbocycles. The van der Waals surface area contributed by atoms with Crippen LogP contribution in [0.25, 0.3) is 0 Å². The van der Waals surface area contributed by atoms with Crippen LogP contribution in [-0.4, -0.2) is 14.3 Å². The number of nitrogen functional groups attached to an aromatic ring is 1. The maximum absolute atomic E-state index is 13.3. The van der Waals surface area contributed by atoms with Crippen LogP contribution in [0.15, 0.2) is 47.4 Å². The SMILES string of the molecule is Cc1ccc(F)cc1S(=O)(=O)Nc1ccccc1C(=N)N. The number of nitrogens with two attached hydrogens (primary N) is 1. The van der Waals surface area contributed by atoms with Crippen LogP contribution in [0, 0.1) is 18.2 Å². The molecule has 0 amide bonds. The van der Waals surface area contributed by atoms with E-state index in [1.54, 1.807) is 19.1 Å². The Hall–Kier alpha value is -2.41. The lowest BCUT2D eigenvalue weighted by Gasteiger charge is -2.13. The summed E-state index contributed by atoms with van der Waals surface area (Å²) in [5.41, 5.74) is 6.27. The molecule has 0 bridgehead atoms. The fourth-order valence-corrected chi connectivity index (χ4v) is 3.21. The van der Waals surface area contributed by atoms with Gasteiger partial charge in [-0.15, -0.1) is 0 Å². The van der Waals surface area contributed by atoms with E-state index in [2.05, 4.69) is 4.72 Å². The summed E-state index contributed by atoms with van der Waals surface area (Å²) in [7, 11) is -3.96. The second-order valence-corrected chi connectivity index (χ2v) is 6.13. The number of nitrogens with one attached hydrogen (secondary N) is 2. The van der Waals surface area contributed by atoms with E-state index in [0.29, 0.717) is 5.56 Å². The zero-order valence-electron chi connectivity index (χ0n) is 11.2. The molecule has 0 fully saturated rings. The summed E-state index contributed by atoms with van der Waals surface area (Å²) >= 11 is 0. The van der Waals surface area contributed by atoms with Gasteiger partial charge in [0.15, 0.2) is 0 Å². The van der Waals surface area contributed by atoms with Crippen molar-refractivity contribution in [2.45, 2.75) is 11.8 Å². The number of rotatable bonds is 4. The Morgan fingerprint density at radius 3 is 2.57 bits per heavy atom. The van der Waals surface area contributed by atoms with Crippen LogP contribution < -0.4 is 10.5 Å². The Morgan fingerprint density at radius 2 is 1.90 bits per heavy atom. The maximum atomic E-state index is 13.3. The first kappa shape index (κ1) is 15.0. The highest BCUT2D eigenvalue weighted by atomic mass is 32.2. The third-order valence-corrected chi connectivity index (χ3v) is 4.41. The predicted molar refractivity (Wildman–Crippen MR) is 79.4 cm³/mol. The number of para-hydroxylation sites is 1. The van der Waals surface area contributed by atoms with E-state index in [-0.39, 0.29) is 22.0 Å². The summed E-state index contributed by atoms with van der Waals surface area (Å²) in [6.07, 6.45) is 0. The molecule has 0 aliphatic carbocycles. The van der Waals surface area contributed by atoms with Gasteiger partial charge >= 0.3 is 0 Å². The minimum atomic E-state index is -3.96. The highest BCUT2D eigenvalue weighted by Crippen LogP contribution is 2.22. The molecular weight excluding hydrogens is 293 g/mol. The highest BCUT2D eigenvalue weighted by molar-refractivity contribution is 7.92. The average Bonchev–Trinajstić information content (AvgIpc) is 2.41. The zero-order chi connectivity index (χ0) is 15.6. The van der Waals surface area contributed by atoms with Crippen molar-refractivity contribution in [3.05, 3.63) is 59.4 Å². The lowest BCUT2D eigenvalue weighted by molar-refractivity contribution is 0.594. The van der Waals surface area contributed by atoms with Gasteiger partial charge in [-0.3, -0.25) is 10.1 Å². The molecule has 2 aromatic carbocycles. The Kier molecular flexibility index (Phi) is 3.95. The molecule has 7 heteroatoms. The summed E-state index contributed by atoms with van der Waals surface area (Å²) in [5, 5.41) is 7.45. The molecule has 0 radical (unpaired) electrons. The molecule has 0 unspecified atom stereocenters. The number of anilines is 1. The molecule has 5 nitrogen and oxygen atoms in total. The Bertz CT molecular complexity index is 804. The summed E-state index contributed by atoms with van der Waals surface area (Å²) in [4.78, 5) is -0.152. The van der Waals surface area contributed by atoms with Gasteiger partial charge in [-0.1, -0.05) is 18.2 Å². The van der Waals surface area contributed by atoms with E-state index < -0.39 is 15.8 Å². The first-order valence-electron chi connectivity index (χ1n) is 6.03. The van der Waals surface area contributed by atoms with Gasteiger partial charge < -0.3 is 5.73 Å². The van der Waals surface area contributed by atoms with Gasteiger partial charge in [0.05, 0.1) is 10.6 Å². The van der Waals surface area contributed by atoms with E-state index in [9.17, 15) is 12.8 Å². The fraction of sp³-hybridized carbons (Fsp3) is 0.0714. The molecule has 0 aromatic heterocycles. The van der Waals surface area contributed by atoms with Crippen molar-refractivity contribution >= 4 is 21.5 Å². The number of hydrogen-bond donors (Lipinski definition) is 3. The van der Waals surface area contributed by atoms with E-state index >= 15 is 0 Å². The van der Waals surface area contributed by atoms with Crippen LogP contribution in [0.5, 0.6) is 0 Å². The van der Waals surface area contributed by atoms with Crippen molar-refractivity contribution in [3.63, 3.8) is 0 Å². The smallest absolute Gasteiger partial charge is 0.262 e. The fourth-order valence-electron chi connectivity index (χ4n) is 1.87. The summed E-state index contributed by atoms with van der Waals surface area (Å²) in [6.45, 7) is 1.57. The van der Waals surface area contributed by atoms with E-state index in [4.69, 9.17) is 11.1 Å². The van der Waals surface area contributed by atoms with E-state index in [0.717, 1.165) is 6.07 Å². The second kappa shape index (κ2) is 5.53. The Morgan fingerprint density at radius 1 is 1.24 bits per heavy atom. The molecule has 0 saturated heterocycles. The third kappa shape index (κ3) is 3.19. The minimum absolute atomic E-state index is 0.152. The van der Waals surface area contributed by atoms with Gasteiger partial charge in [0, 0.05) is 5.56 Å². The second-order valence-electron chi connectivity index (χ2n) is 4.47. The largest absolute Gasteiger partial charge is 0.384 e. The van der Waals surface area contributed by atoms with Crippen molar-refractivity contribution in [1.82, 2.24) is 0 Å². The number of amidine groups is 1. The van der Waals surface area contributed by atoms with Crippen molar-refractivity contribution in [1.29, 1.82) is 5.41 Å². The van der Waals surface area contributed by atoms with Crippen LogP contribution in [0.1, 0.15) is 11.1 Å². The zero-order valence-corrected chi connectivity index (χ0v) is 12.0. The van der Waals surface area contributed by atoms with Crippen molar-refractivity contribution in [2.75, 3.05) is 4.72 Å². The van der Waals surface area contributed by atoms with Gasteiger partial charge in [-0.05, 0) is 36.8 Å². The summed E-state index contributed by atoms with van der Waals surface area (Å²) in [5.74, 6) is -0.898. The van der Waals surface area contributed by atoms with Gasteiger partial charge in [0.1, 0.15) is 11.7 Å². The molecule has 2 rings (SSSR count). The Labute approximate surface area is 122 Å². The lowest BCUT2D eigenvalue weighted by atomic mass is 10.2. The molecule has 110 valence electrons. The molecular formula is C14H14FN3O2S. The minimum Gasteiger partial charge on any atom is -0.384 e. The van der Waals surface area contributed by atoms with Crippen LogP contribution in [0.2, 0.25) is 0 Å². The molecule has 2 aromatic rings. The first-order valence-corrected chi connectivity index (χ1v) is 7.52. The quantitative estimate of drug-likeness (QED) is 0.597. The number of hydrogen-bond acceptors (Lipinski definition) is 3. The third-order valence-electron chi connectivity index (χ3n) is 2.90. The average molecular weight is 307 g/mol. The monoisotopic (exact) mass is 307 g/mol. The number of benzene rings is 2. The molecule has 21 heavy (non-hydrogen) atoms. The molecule has 0 spiro atoms. The first-order chi connectivity index (χ1) is 9.81. The molecule has 0 aliphatic rings. The van der Waals surface area contributed by atoms with Crippen LogP contribution >= 0.6 is 0 Å². The molecule has 4 N–H and O–H groups in total. The predicted octanol–water partition coefficient (Wildman–Crippen LogP) is 2.22. The van der Waals surface area contributed by atoms with Gasteiger partial charge in [0.25, 0.3) is 10.0 Å². The molecule has 0 aliphatic heterocycles. The normalized spacial score (nSPS) is 11.1. The van der Waals surface area contributed by atoms with Gasteiger partial charge in [-0.25, -0.2) is 12.8 Å². The summed E-state index contributed by atoms with van der Waals surface area (Å²) in [6, 6.07) is 9.80. The number of halogens is 1. The van der Waals surface area contributed by atoms with Gasteiger partial charge in [0.2, 0.25) is 0 Å². The van der Waals surface area contributed by atoms with Gasteiger partial charge in [-0.2, -0.15) is 0 Å². The maximum Gasteiger partial charge on any atom is 0.262 e. The van der Waals surface area contributed by atoms with Crippen molar-refractivity contribution in [3.8, 4) is 0 Å². The van der Waals surface area contributed by atoms with Crippen molar-refractivity contribution in [2.24, 2.45) is 5.73 Å². The number of aryl methyl sites for hydroxylation is 1. The van der Waals surface area contributed by atoms with Crippen LogP contribution in [0.3, 0.4) is 0 Å². The topological polar surface area (TPSA) is 96.0 Å². The number of sulfonamides is 1. The van der Waals surface area contributed by atoms with Crippen LogP contribution in [-0.2, 0) is 10.0 Å².